The number of aromatic nitrogens is 4. The molecule has 0 bridgehead atoms. The molecule has 0 amide bonds. The van der Waals surface area contributed by atoms with Crippen LogP contribution in [0.1, 0.15) is 12.0 Å². The molecule has 0 aliphatic heterocycles. The van der Waals surface area contributed by atoms with Crippen LogP contribution >= 0.6 is 0 Å². The van der Waals surface area contributed by atoms with Crippen LogP contribution in [-0.4, -0.2) is 26.1 Å². The van der Waals surface area contributed by atoms with Gasteiger partial charge in [0.1, 0.15) is 12.0 Å². The first-order valence-corrected chi connectivity index (χ1v) is 8.18. The fraction of sp³-hybridized carbons (Fsp3) is 0.235. The molecule has 3 aromatic rings. The van der Waals surface area contributed by atoms with Gasteiger partial charge in [0.25, 0.3) is 0 Å². The molecule has 0 spiro atoms. The van der Waals surface area contributed by atoms with Crippen molar-refractivity contribution in [1.29, 1.82) is 0 Å². The summed E-state index contributed by atoms with van der Waals surface area (Å²) in [5.74, 6) is 0.659. The molecule has 2 heterocycles. The lowest BCUT2D eigenvalue weighted by atomic mass is 10.2. The van der Waals surface area contributed by atoms with Crippen molar-refractivity contribution in [3.05, 3.63) is 54.9 Å². The zero-order valence-corrected chi connectivity index (χ0v) is 14.2. The number of rotatable bonds is 7. The van der Waals surface area contributed by atoms with Crippen LogP contribution in [0.4, 0.5) is 36.2 Å². The van der Waals surface area contributed by atoms with Gasteiger partial charge in [0, 0.05) is 31.2 Å². The maximum absolute atomic E-state index is 12.8. The number of halogens is 3. The summed E-state index contributed by atoms with van der Waals surface area (Å²) in [7, 11) is 0. The summed E-state index contributed by atoms with van der Waals surface area (Å²) in [6.07, 6.45) is 3.01. The molecule has 0 saturated carbocycles. The number of nitrogens with two attached hydrogens (primary N) is 1. The number of hydrogen-bond acceptors (Lipinski definition) is 6. The first-order chi connectivity index (χ1) is 12.9. The van der Waals surface area contributed by atoms with E-state index in [0.29, 0.717) is 12.4 Å². The molecule has 7 nitrogen and oxygen atoms in total. The number of alkyl halides is 3. The molecule has 0 radical (unpaired) electrons. The molecule has 1 aromatic carbocycles. The van der Waals surface area contributed by atoms with Crippen LogP contribution in [0.2, 0.25) is 0 Å². The molecular formula is C17H18F3N7. The van der Waals surface area contributed by atoms with E-state index in [4.69, 9.17) is 5.73 Å². The van der Waals surface area contributed by atoms with E-state index in [0.717, 1.165) is 25.1 Å². The number of hydrogen-bond donors (Lipinski definition) is 3. The van der Waals surface area contributed by atoms with Gasteiger partial charge < -0.3 is 20.9 Å². The second-order valence-corrected chi connectivity index (χ2v) is 5.77. The van der Waals surface area contributed by atoms with E-state index in [1.807, 2.05) is 10.8 Å². The van der Waals surface area contributed by atoms with E-state index in [1.54, 1.807) is 12.5 Å². The number of aryl methyl sites for hydroxylation is 1. The maximum atomic E-state index is 12.8. The van der Waals surface area contributed by atoms with Crippen LogP contribution < -0.4 is 16.4 Å². The van der Waals surface area contributed by atoms with Gasteiger partial charge in [-0.2, -0.15) is 13.2 Å². The first-order valence-electron chi connectivity index (χ1n) is 8.18. The molecule has 0 aliphatic carbocycles. The summed E-state index contributed by atoms with van der Waals surface area (Å²) in [6, 6.07) is 4.83. The third kappa shape index (κ3) is 4.87. The standard InChI is InChI=1S/C17H18F3N7/c18-17(19,20)12-3-1-4-13(9-12)26-16-14(21)15(24-10-25-16)23-5-2-7-27-8-6-22-11-27/h1,3-4,6,8-11H,2,5,7,21H2,(H2,23,24,25,26). The average molecular weight is 377 g/mol. The zero-order valence-electron chi connectivity index (χ0n) is 14.2. The van der Waals surface area contributed by atoms with Crippen LogP contribution in [0.3, 0.4) is 0 Å². The number of nitrogen functional groups attached to an aromatic ring is 1. The van der Waals surface area contributed by atoms with Crippen molar-refractivity contribution in [2.45, 2.75) is 19.1 Å². The Bertz CT molecular complexity index is 878. The average Bonchev–Trinajstić information content (AvgIpc) is 3.15. The Hall–Kier alpha value is -3.30. The highest BCUT2D eigenvalue weighted by Crippen LogP contribution is 2.32. The van der Waals surface area contributed by atoms with E-state index in [2.05, 4.69) is 25.6 Å². The van der Waals surface area contributed by atoms with Gasteiger partial charge in [-0.15, -0.1) is 0 Å². The minimum Gasteiger partial charge on any atom is -0.393 e. The summed E-state index contributed by atoms with van der Waals surface area (Å²) in [5, 5.41) is 5.92. The lowest BCUT2D eigenvalue weighted by molar-refractivity contribution is -0.137. The molecule has 0 unspecified atom stereocenters. The molecule has 10 heteroatoms. The molecule has 0 fully saturated rings. The van der Waals surface area contributed by atoms with Crippen molar-refractivity contribution in [3.8, 4) is 0 Å². The number of benzene rings is 1. The highest BCUT2D eigenvalue weighted by molar-refractivity contribution is 5.77. The van der Waals surface area contributed by atoms with Gasteiger partial charge in [-0.05, 0) is 24.6 Å². The van der Waals surface area contributed by atoms with E-state index >= 15 is 0 Å². The molecule has 4 N–H and O–H groups in total. The van der Waals surface area contributed by atoms with E-state index in [-0.39, 0.29) is 17.2 Å². The second kappa shape index (κ2) is 7.94. The topological polar surface area (TPSA) is 93.7 Å². The molecule has 142 valence electrons. The summed E-state index contributed by atoms with van der Waals surface area (Å²) in [5.41, 5.74) is 5.76. The van der Waals surface area contributed by atoms with Gasteiger partial charge in [0.15, 0.2) is 11.6 Å². The maximum Gasteiger partial charge on any atom is 0.416 e. The second-order valence-electron chi connectivity index (χ2n) is 5.77. The Balaban J connectivity index is 1.64. The minimum absolute atomic E-state index is 0.234. The van der Waals surface area contributed by atoms with E-state index < -0.39 is 11.7 Å². The predicted octanol–water partition coefficient (Wildman–Crippen LogP) is 3.52. The van der Waals surface area contributed by atoms with Crippen molar-refractivity contribution in [3.63, 3.8) is 0 Å². The summed E-state index contributed by atoms with van der Waals surface area (Å²) < 4.78 is 40.4. The first kappa shape index (κ1) is 18.5. The molecule has 3 rings (SSSR count). The Morgan fingerprint density at radius 1 is 1.15 bits per heavy atom. The van der Waals surface area contributed by atoms with E-state index in [9.17, 15) is 13.2 Å². The molecule has 0 atom stereocenters. The van der Waals surface area contributed by atoms with Crippen molar-refractivity contribution >= 4 is 23.0 Å². The monoisotopic (exact) mass is 377 g/mol. The van der Waals surface area contributed by atoms with Gasteiger partial charge in [-0.1, -0.05) is 6.07 Å². The van der Waals surface area contributed by atoms with Crippen molar-refractivity contribution in [2.75, 3.05) is 22.9 Å². The highest BCUT2D eigenvalue weighted by Gasteiger charge is 2.30. The Kier molecular flexibility index (Phi) is 5.43. The van der Waals surface area contributed by atoms with Crippen molar-refractivity contribution in [2.24, 2.45) is 0 Å². The quantitative estimate of drug-likeness (QED) is 0.546. The largest absolute Gasteiger partial charge is 0.416 e. The molecule has 0 aliphatic rings. The fourth-order valence-electron chi connectivity index (χ4n) is 2.43. The minimum atomic E-state index is -4.42. The lowest BCUT2D eigenvalue weighted by Gasteiger charge is -2.14. The number of nitrogens with zero attached hydrogens (tertiary/aromatic N) is 4. The summed E-state index contributed by atoms with van der Waals surface area (Å²) in [4.78, 5) is 12.1. The highest BCUT2D eigenvalue weighted by atomic mass is 19.4. The molecule has 27 heavy (non-hydrogen) atoms. The normalized spacial score (nSPS) is 11.4. The summed E-state index contributed by atoms with van der Waals surface area (Å²) in [6.45, 7) is 1.40. The lowest BCUT2D eigenvalue weighted by Crippen LogP contribution is -2.11. The molecule has 2 aromatic heterocycles. The predicted molar refractivity (Wildman–Crippen MR) is 96.5 cm³/mol. The fourth-order valence-corrected chi connectivity index (χ4v) is 2.43. The summed E-state index contributed by atoms with van der Waals surface area (Å²) >= 11 is 0. The van der Waals surface area contributed by atoms with Gasteiger partial charge in [-0.25, -0.2) is 15.0 Å². The molecule has 0 saturated heterocycles. The smallest absolute Gasteiger partial charge is 0.393 e. The van der Waals surface area contributed by atoms with Crippen LogP contribution in [0.25, 0.3) is 0 Å². The van der Waals surface area contributed by atoms with Crippen LogP contribution in [0, 0.1) is 0 Å². The number of nitrogens with one attached hydrogen (secondary N) is 2. The van der Waals surface area contributed by atoms with Gasteiger partial charge in [0.05, 0.1) is 11.9 Å². The number of anilines is 4. The van der Waals surface area contributed by atoms with Crippen LogP contribution in [0.5, 0.6) is 0 Å². The Labute approximate surface area is 153 Å². The van der Waals surface area contributed by atoms with Gasteiger partial charge in [-0.3, -0.25) is 0 Å². The SMILES string of the molecule is Nc1c(NCCCn2ccnc2)ncnc1Nc1cccc(C(F)(F)F)c1. The zero-order chi connectivity index (χ0) is 19.3. The third-order valence-electron chi connectivity index (χ3n) is 3.78. The molecular weight excluding hydrogens is 359 g/mol. The van der Waals surface area contributed by atoms with Crippen LogP contribution in [0.15, 0.2) is 49.3 Å². The van der Waals surface area contributed by atoms with Gasteiger partial charge in [0.2, 0.25) is 0 Å². The Morgan fingerprint density at radius 3 is 2.70 bits per heavy atom. The van der Waals surface area contributed by atoms with E-state index in [1.165, 1.54) is 18.5 Å². The van der Waals surface area contributed by atoms with Crippen molar-refractivity contribution in [1.82, 2.24) is 19.5 Å². The number of imidazole rings is 1. The van der Waals surface area contributed by atoms with Crippen LogP contribution in [-0.2, 0) is 12.7 Å². The van der Waals surface area contributed by atoms with Crippen molar-refractivity contribution < 1.29 is 13.2 Å². The third-order valence-corrected chi connectivity index (χ3v) is 3.78. The Morgan fingerprint density at radius 2 is 1.96 bits per heavy atom. The van der Waals surface area contributed by atoms with Gasteiger partial charge >= 0.3 is 6.18 Å².